The van der Waals surface area contributed by atoms with Crippen molar-refractivity contribution in [2.45, 2.75) is 12.6 Å². The molecule has 6 heteroatoms. The van der Waals surface area contributed by atoms with Crippen LogP contribution in [-0.4, -0.2) is 0 Å². The summed E-state index contributed by atoms with van der Waals surface area (Å²) in [6, 6.07) is 1.11. The van der Waals surface area contributed by atoms with Crippen molar-refractivity contribution in [3.05, 3.63) is 35.1 Å². The van der Waals surface area contributed by atoms with E-state index in [1.807, 2.05) is 0 Å². The minimum absolute atomic E-state index is 0.111. The Morgan fingerprint density at radius 1 is 1.07 bits per heavy atom. The average Bonchev–Trinajstić information content (AvgIpc) is 2.02. The predicted molar refractivity (Wildman–Crippen MR) is 36.4 cm³/mol. The van der Waals surface area contributed by atoms with E-state index >= 15 is 0 Å². The van der Waals surface area contributed by atoms with E-state index < -0.39 is 29.5 Å². The van der Waals surface area contributed by atoms with Crippen LogP contribution < -0.4 is 0 Å². The summed E-state index contributed by atoms with van der Waals surface area (Å²) in [4.78, 5) is 0. The van der Waals surface area contributed by atoms with Gasteiger partial charge in [-0.3, -0.25) is 0 Å². The summed E-state index contributed by atoms with van der Waals surface area (Å²) in [5.74, 6) is -1.55. The van der Waals surface area contributed by atoms with Crippen LogP contribution in [0.4, 0.5) is 26.3 Å². The Kier molecular flexibility index (Phi) is 2.73. The van der Waals surface area contributed by atoms with Crippen molar-refractivity contribution in [2.75, 3.05) is 0 Å². The number of benzene rings is 1. The van der Waals surface area contributed by atoms with Gasteiger partial charge in [-0.2, -0.15) is 13.2 Å². The van der Waals surface area contributed by atoms with Crippen molar-refractivity contribution in [1.29, 1.82) is 0 Å². The van der Waals surface area contributed by atoms with Crippen LogP contribution in [0.2, 0.25) is 0 Å². The van der Waals surface area contributed by atoms with Gasteiger partial charge in [0.25, 0.3) is 6.43 Å². The molecule has 0 aliphatic heterocycles. The summed E-state index contributed by atoms with van der Waals surface area (Å²) in [6.45, 7) is 0. The first-order valence-corrected chi connectivity index (χ1v) is 3.47. The van der Waals surface area contributed by atoms with E-state index in [-0.39, 0.29) is 6.07 Å². The third kappa shape index (κ3) is 2.18. The molecule has 1 aromatic carbocycles. The van der Waals surface area contributed by atoms with Crippen LogP contribution in [0.1, 0.15) is 17.6 Å². The maximum Gasteiger partial charge on any atom is 0.419 e. The van der Waals surface area contributed by atoms with E-state index in [0.717, 1.165) is 0 Å². The molecule has 0 unspecified atom stereocenters. The van der Waals surface area contributed by atoms with Gasteiger partial charge in [0.15, 0.2) is 0 Å². The van der Waals surface area contributed by atoms with E-state index in [4.69, 9.17) is 0 Å². The molecule has 0 atom stereocenters. The van der Waals surface area contributed by atoms with Gasteiger partial charge in [0.1, 0.15) is 5.82 Å². The number of halogens is 6. The van der Waals surface area contributed by atoms with Crippen LogP contribution in [0, 0.1) is 5.82 Å². The molecular formula is C8H4F6. The third-order valence-electron chi connectivity index (χ3n) is 1.55. The Morgan fingerprint density at radius 2 is 1.64 bits per heavy atom. The first-order valence-electron chi connectivity index (χ1n) is 3.47. The van der Waals surface area contributed by atoms with Gasteiger partial charge in [-0.1, -0.05) is 6.07 Å². The van der Waals surface area contributed by atoms with Crippen LogP contribution >= 0.6 is 0 Å². The van der Waals surface area contributed by atoms with Gasteiger partial charge in [-0.25, -0.2) is 13.2 Å². The van der Waals surface area contributed by atoms with Crippen molar-refractivity contribution < 1.29 is 26.3 Å². The molecule has 0 aliphatic carbocycles. The Morgan fingerprint density at radius 3 is 2.07 bits per heavy atom. The Bertz CT molecular complexity index is 327. The fourth-order valence-electron chi connectivity index (χ4n) is 0.896. The molecule has 1 rings (SSSR count). The van der Waals surface area contributed by atoms with Crippen molar-refractivity contribution >= 4 is 0 Å². The van der Waals surface area contributed by atoms with Crippen LogP contribution in [0.25, 0.3) is 0 Å². The smallest absolute Gasteiger partial charge is 0.206 e. The summed E-state index contributed by atoms with van der Waals surface area (Å²) >= 11 is 0. The second-order valence-corrected chi connectivity index (χ2v) is 2.54. The van der Waals surface area contributed by atoms with Crippen molar-refractivity contribution in [3.8, 4) is 0 Å². The normalized spacial score (nSPS) is 12.2. The molecule has 0 N–H and O–H groups in total. The average molecular weight is 214 g/mol. The van der Waals surface area contributed by atoms with E-state index in [9.17, 15) is 26.3 Å². The largest absolute Gasteiger partial charge is 0.419 e. The maximum absolute atomic E-state index is 12.6. The zero-order chi connectivity index (χ0) is 10.9. The highest BCUT2D eigenvalue weighted by molar-refractivity contribution is 5.27. The molecule has 78 valence electrons. The molecule has 0 saturated heterocycles. The lowest BCUT2D eigenvalue weighted by Crippen LogP contribution is -2.08. The van der Waals surface area contributed by atoms with Gasteiger partial charge in [0.05, 0.1) is 5.56 Å². The molecule has 1 aromatic rings. The standard InChI is InChI=1S/C8H4F6/c9-6-2-1-4(7(10)11)3-5(6)8(12,13)14/h1-3,7H. The second kappa shape index (κ2) is 3.51. The Labute approximate surface area is 75.2 Å². The lowest BCUT2D eigenvalue weighted by atomic mass is 10.1. The predicted octanol–water partition coefficient (Wildman–Crippen LogP) is 3.78. The highest BCUT2D eigenvalue weighted by atomic mass is 19.4. The lowest BCUT2D eigenvalue weighted by molar-refractivity contribution is -0.140. The quantitative estimate of drug-likeness (QED) is 0.624. The number of hydrogen-bond acceptors (Lipinski definition) is 0. The van der Waals surface area contributed by atoms with Crippen LogP contribution in [0.5, 0.6) is 0 Å². The van der Waals surface area contributed by atoms with Gasteiger partial charge < -0.3 is 0 Å². The molecule has 0 fully saturated rings. The Balaban J connectivity index is 3.22. The van der Waals surface area contributed by atoms with Gasteiger partial charge in [-0.15, -0.1) is 0 Å². The highest BCUT2D eigenvalue weighted by Gasteiger charge is 2.34. The molecular weight excluding hydrogens is 210 g/mol. The summed E-state index contributed by atoms with van der Waals surface area (Å²) in [5, 5.41) is 0. The third-order valence-corrected chi connectivity index (χ3v) is 1.55. The fraction of sp³-hybridized carbons (Fsp3) is 0.250. The minimum Gasteiger partial charge on any atom is -0.206 e. The number of hydrogen-bond donors (Lipinski definition) is 0. The Hall–Kier alpha value is -1.20. The van der Waals surface area contributed by atoms with E-state index in [1.165, 1.54) is 0 Å². The maximum atomic E-state index is 12.6. The minimum atomic E-state index is -4.95. The fourth-order valence-corrected chi connectivity index (χ4v) is 0.896. The van der Waals surface area contributed by atoms with Crippen LogP contribution in [0.15, 0.2) is 18.2 Å². The lowest BCUT2D eigenvalue weighted by Gasteiger charge is -2.09. The molecule has 0 bridgehead atoms. The molecule has 0 radical (unpaired) electrons. The molecule has 0 aliphatic rings. The molecule has 0 heterocycles. The summed E-state index contributed by atoms with van der Waals surface area (Å²) in [7, 11) is 0. The second-order valence-electron chi connectivity index (χ2n) is 2.54. The molecule has 0 amide bonds. The molecule has 14 heavy (non-hydrogen) atoms. The van der Waals surface area contributed by atoms with Crippen molar-refractivity contribution in [3.63, 3.8) is 0 Å². The summed E-state index contributed by atoms with van der Waals surface area (Å²) in [6.07, 6.45) is -7.99. The molecule has 0 nitrogen and oxygen atoms in total. The molecule has 0 spiro atoms. The van der Waals surface area contributed by atoms with Crippen LogP contribution in [0.3, 0.4) is 0 Å². The van der Waals surface area contributed by atoms with Gasteiger partial charge in [0, 0.05) is 5.56 Å². The topological polar surface area (TPSA) is 0 Å². The van der Waals surface area contributed by atoms with Crippen molar-refractivity contribution in [2.24, 2.45) is 0 Å². The number of rotatable bonds is 1. The zero-order valence-electron chi connectivity index (χ0n) is 6.58. The van der Waals surface area contributed by atoms with E-state index in [1.54, 1.807) is 0 Å². The zero-order valence-corrected chi connectivity index (χ0v) is 6.58. The van der Waals surface area contributed by atoms with E-state index in [2.05, 4.69) is 0 Å². The molecule has 0 aromatic heterocycles. The van der Waals surface area contributed by atoms with Gasteiger partial charge in [-0.05, 0) is 12.1 Å². The molecule has 0 saturated carbocycles. The van der Waals surface area contributed by atoms with E-state index in [0.29, 0.717) is 12.1 Å². The van der Waals surface area contributed by atoms with Crippen LogP contribution in [-0.2, 0) is 6.18 Å². The van der Waals surface area contributed by atoms with Gasteiger partial charge in [0.2, 0.25) is 0 Å². The van der Waals surface area contributed by atoms with Crippen molar-refractivity contribution in [1.82, 2.24) is 0 Å². The first-order chi connectivity index (χ1) is 6.32. The van der Waals surface area contributed by atoms with Gasteiger partial charge >= 0.3 is 6.18 Å². The SMILES string of the molecule is Fc1ccc(C(F)F)cc1C(F)(F)F. The monoisotopic (exact) mass is 214 g/mol. The first kappa shape index (κ1) is 10.9. The summed E-state index contributed by atoms with van der Waals surface area (Å²) in [5.41, 5.74) is -2.52. The summed E-state index contributed by atoms with van der Waals surface area (Å²) < 4.78 is 72.5. The number of alkyl halides is 5. The highest BCUT2D eigenvalue weighted by Crippen LogP contribution is 2.33.